The van der Waals surface area contributed by atoms with E-state index in [2.05, 4.69) is 5.32 Å². The summed E-state index contributed by atoms with van der Waals surface area (Å²) in [5, 5.41) is 3.54. The van der Waals surface area contributed by atoms with Crippen LogP contribution >= 0.6 is 11.6 Å². The molecule has 0 fully saturated rings. The molecule has 2 amide bonds. The lowest BCUT2D eigenvalue weighted by atomic mass is 10.1. The SMILES string of the molecule is Cc1ccccc1CN1C(=O)c2ccccc2[S@@](=O)c2ccc(C(=O)NCc3ccc(Cl)cc3)cc21. The molecule has 1 atom stereocenters. The number of hydrogen-bond donors (Lipinski definition) is 1. The summed E-state index contributed by atoms with van der Waals surface area (Å²) >= 11 is 5.95. The number of amides is 2. The summed E-state index contributed by atoms with van der Waals surface area (Å²) in [6.07, 6.45) is 0. The summed E-state index contributed by atoms with van der Waals surface area (Å²) in [5.41, 5.74) is 4.18. The number of halogens is 1. The highest BCUT2D eigenvalue weighted by Gasteiger charge is 2.31. The molecule has 7 heteroatoms. The molecular weight excluding hydrogens is 492 g/mol. The molecule has 0 unspecified atom stereocenters. The van der Waals surface area contributed by atoms with Gasteiger partial charge in [0.1, 0.15) is 0 Å². The predicted octanol–water partition coefficient (Wildman–Crippen LogP) is 5.91. The maximum absolute atomic E-state index is 13.8. The second-order valence-corrected chi connectivity index (χ2v) is 10.4. The number of carbonyl (C=O) groups excluding carboxylic acids is 2. The Labute approximate surface area is 217 Å². The Morgan fingerprint density at radius 2 is 1.64 bits per heavy atom. The van der Waals surface area contributed by atoms with E-state index in [0.717, 1.165) is 16.7 Å². The molecule has 1 aliphatic rings. The van der Waals surface area contributed by atoms with Crippen molar-refractivity contribution in [2.24, 2.45) is 0 Å². The molecule has 0 aliphatic carbocycles. The fourth-order valence-corrected chi connectivity index (χ4v) is 5.68. The van der Waals surface area contributed by atoms with Crippen LogP contribution in [0.5, 0.6) is 0 Å². The highest BCUT2D eigenvalue weighted by atomic mass is 35.5. The number of fused-ring (bicyclic) bond motifs is 2. The van der Waals surface area contributed by atoms with Crippen molar-refractivity contribution in [3.63, 3.8) is 0 Å². The first-order valence-corrected chi connectivity index (χ1v) is 13.0. The van der Waals surface area contributed by atoms with Crippen LogP contribution in [0.25, 0.3) is 0 Å². The summed E-state index contributed by atoms with van der Waals surface area (Å²) in [6, 6.07) is 27.0. The molecule has 4 aromatic carbocycles. The first kappa shape index (κ1) is 24.0. The van der Waals surface area contributed by atoms with Gasteiger partial charge >= 0.3 is 0 Å². The maximum atomic E-state index is 13.8. The third-order valence-corrected chi connectivity index (χ3v) is 7.98. The highest BCUT2D eigenvalue weighted by molar-refractivity contribution is 7.85. The van der Waals surface area contributed by atoms with Gasteiger partial charge in [-0.2, -0.15) is 0 Å². The van der Waals surface area contributed by atoms with Gasteiger partial charge in [0, 0.05) is 17.1 Å². The Bertz CT molecular complexity index is 1500. The molecule has 0 aromatic heterocycles. The van der Waals surface area contributed by atoms with Gasteiger partial charge in [-0.3, -0.25) is 9.59 Å². The van der Waals surface area contributed by atoms with Crippen molar-refractivity contribution in [2.45, 2.75) is 29.8 Å². The lowest BCUT2D eigenvalue weighted by Gasteiger charge is -2.24. The van der Waals surface area contributed by atoms with Gasteiger partial charge in [0.15, 0.2) is 0 Å². The molecule has 1 aliphatic heterocycles. The van der Waals surface area contributed by atoms with Crippen LogP contribution in [0.1, 0.15) is 37.4 Å². The van der Waals surface area contributed by atoms with Gasteiger partial charge in [-0.25, -0.2) is 4.21 Å². The number of nitrogens with zero attached hydrogens (tertiary/aromatic N) is 1. The van der Waals surface area contributed by atoms with Crippen molar-refractivity contribution >= 4 is 39.9 Å². The molecule has 1 N–H and O–H groups in total. The molecule has 5 nitrogen and oxygen atoms in total. The van der Waals surface area contributed by atoms with Gasteiger partial charge in [0.25, 0.3) is 11.8 Å². The van der Waals surface area contributed by atoms with E-state index in [0.29, 0.717) is 44.7 Å². The number of benzene rings is 4. The number of aryl methyl sites for hydroxylation is 1. The van der Waals surface area contributed by atoms with Crippen molar-refractivity contribution in [2.75, 3.05) is 4.90 Å². The van der Waals surface area contributed by atoms with Crippen molar-refractivity contribution in [1.82, 2.24) is 5.32 Å². The lowest BCUT2D eigenvalue weighted by Crippen LogP contribution is -2.31. The number of hydrogen-bond acceptors (Lipinski definition) is 3. The molecule has 5 rings (SSSR count). The maximum Gasteiger partial charge on any atom is 0.259 e. The summed E-state index contributed by atoms with van der Waals surface area (Å²) in [5.74, 6) is -0.539. The van der Waals surface area contributed by atoms with E-state index < -0.39 is 10.8 Å². The third kappa shape index (κ3) is 4.70. The second kappa shape index (κ2) is 10.1. The Morgan fingerprint density at radius 1 is 0.917 bits per heavy atom. The van der Waals surface area contributed by atoms with Gasteiger partial charge in [0.05, 0.1) is 38.4 Å². The summed E-state index contributed by atoms with van der Waals surface area (Å²) in [4.78, 5) is 29.4. The molecule has 1 heterocycles. The van der Waals surface area contributed by atoms with Gasteiger partial charge in [0.2, 0.25) is 0 Å². The average Bonchev–Trinajstić information content (AvgIpc) is 2.98. The van der Waals surface area contributed by atoms with Crippen LogP contribution in [0.2, 0.25) is 5.02 Å². The van der Waals surface area contributed by atoms with Crippen LogP contribution in [0.4, 0.5) is 5.69 Å². The Kier molecular flexibility index (Phi) is 6.72. The van der Waals surface area contributed by atoms with Crippen LogP contribution in [0, 0.1) is 6.92 Å². The monoisotopic (exact) mass is 514 g/mol. The first-order chi connectivity index (χ1) is 17.4. The van der Waals surface area contributed by atoms with E-state index in [1.165, 1.54) is 0 Å². The van der Waals surface area contributed by atoms with Gasteiger partial charge in [-0.15, -0.1) is 0 Å². The van der Waals surface area contributed by atoms with E-state index in [1.807, 2.05) is 43.3 Å². The van der Waals surface area contributed by atoms with Crippen molar-refractivity contribution in [3.05, 3.63) is 124 Å². The molecule has 0 saturated heterocycles. The minimum Gasteiger partial charge on any atom is -0.348 e. The predicted molar refractivity (Wildman–Crippen MR) is 142 cm³/mol. The number of carbonyl (C=O) groups is 2. The molecule has 0 spiro atoms. The minimum absolute atomic E-state index is 0.250. The first-order valence-electron chi connectivity index (χ1n) is 11.5. The Balaban J connectivity index is 1.54. The normalized spacial score (nSPS) is 14.6. The quantitative estimate of drug-likeness (QED) is 0.360. The van der Waals surface area contributed by atoms with Gasteiger partial charge in [-0.1, -0.05) is 60.1 Å². The highest BCUT2D eigenvalue weighted by Crippen LogP contribution is 2.36. The topological polar surface area (TPSA) is 66.5 Å². The number of nitrogens with one attached hydrogen (secondary N) is 1. The zero-order valence-corrected chi connectivity index (χ0v) is 21.1. The minimum atomic E-state index is -1.58. The standard InChI is InChI=1S/C29H23ClN2O3S/c1-19-6-2-3-7-22(19)18-32-25-16-21(28(33)31-17-20-10-13-23(30)14-11-20)12-15-27(25)36(35)26-9-5-4-8-24(26)29(32)34/h2-16H,17-18H2,1H3,(H,31,33)/t36-/m1/s1. The summed E-state index contributed by atoms with van der Waals surface area (Å²) in [6.45, 7) is 2.61. The third-order valence-electron chi connectivity index (χ3n) is 6.23. The van der Waals surface area contributed by atoms with Crippen LogP contribution in [-0.4, -0.2) is 16.0 Å². The van der Waals surface area contributed by atoms with Crippen molar-refractivity contribution in [1.29, 1.82) is 0 Å². The largest absolute Gasteiger partial charge is 0.348 e. The van der Waals surface area contributed by atoms with Crippen LogP contribution in [-0.2, 0) is 23.9 Å². The van der Waals surface area contributed by atoms with Crippen molar-refractivity contribution in [3.8, 4) is 0 Å². The molecular formula is C29H23ClN2O3S. The fourth-order valence-electron chi connectivity index (χ4n) is 4.21. The van der Waals surface area contributed by atoms with Gasteiger partial charge in [-0.05, 0) is 66.1 Å². The van der Waals surface area contributed by atoms with Crippen molar-refractivity contribution < 1.29 is 13.8 Å². The second-order valence-electron chi connectivity index (χ2n) is 8.57. The molecule has 0 saturated carbocycles. The van der Waals surface area contributed by atoms with E-state index in [4.69, 9.17) is 11.6 Å². The molecule has 0 radical (unpaired) electrons. The van der Waals surface area contributed by atoms with E-state index in [9.17, 15) is 13.8 Å². The van der Waals surface area contributed by atoms with E-state index >= 15 is 0 Å². The zero-order valence-electron chi connectivity index (χ0n) is 19.5. The Morgan fingerprint density at radius 3 is 2.42 bits per heavy atom. The lowest BCUT2D eigenvalue weighted by molar-refractivity contribution is 0.0947. The fraction of sp³-hybridized carbons (Fsp3) is 0.103. The number of rotatable bonds is 5. The van der Waals surface area contributed by atoms with Crippen LogP contribution in [0.3, 0.4) is 0 Å². The smallest absolute Gasteiger partial charge is 0.259 e. The molecule has 0 bridgehead atoms. The number of anilines is 1. The molecule has 36 heavy (non-hydrogen) atoms. The zero-order chi connectivity index (χ0) is 25.2. The molecule has 180 valence electrons. The summed E-state index contributed by atoms with van der Waals surface area (Å²) < 4.78 is 13.6. The Hall–Kier alpha value is -3.74. The average molecular weight is 515 g/mol. The van der Waals surface area contributed by atoms with Gasteiger partial charge < -0.3 is 10.2 Å². The summed E-state index contributed by atoms with van der Waals surface area (Å²) in [7, 11) is -1.58. The molecule has 4 aromatic rings. The van der Waals surface area contributed by atoms with Crippen LogP contribution < -0.4 is 10.2 Å². The van der Waals surface area contributed by atoms with E-state index in [1.54, 1.807) is 59.5 Å². The van der Waals surface area contributed by atoms with Crippen LogP contribution in [0.15, 0.2) is 101 Å². The van der Waals surface area contributed by atoms with E-state index in [-0.39, 0.29) is 11.8 Å².